The molecule has 1 aromatic carbocycles. The molecule has 0 aliphatic rings. The highest BCUT2D eigenvalue weighted by atomic mass is 16.3. The van der Waals surface area contributed by atoms with Crippen LogP contribution in [0.2, 0.25) is 0 Å². The molecule has 2 rings (SSSR count). The van der Waals surface area contributed by atoms with Gasteiger partial charge in [-0.3, -0.25) is 4.68 Å². The molecule has 0 aliphatic carbocycles. The van der Waals surface area contributed by atoms with Crippen LogP contribution in [0, 0.1) is 0 Å². The van der Waals surface area contributed by atoms with Crippen LogP contribution >= 0.6 is 0 Å². The Morgan fingerprint density at radius 2 is 2.00 bits per heavy atom. The highest BCUT2D eigenvalue weighted by Crippen LogP contribution is 2.18. The molecule has 0 spiro atoms. The van der Waals surface area contributed by atoms with Crippen LogP contribution in [-0.4, -0.2) is 33.1 Å². The molecule has 4 nitrogen and oxygen atoms in total. The van der Waals surface area contributed by atoms with Gasteiger partial charge in [0.1, 0.15) is 0 Å². The summed E-state index contributed by atoms with van der Waals surface area (Å²) in [4.78, 5) is 0. The van der Waals surface area contributed by atoms with Gasteiger partial charge in [0.15, 0.2) is 0 Å². The number of benzene rings is 1. The number of rotatable bonds is 4. The van der Waals surface area contributed by atoms with E-state index >= 15 is 0 Å². The van der Waals surface area contributed by atoms with Gasteiger partial charge >= 0.3 is 0 Å². The zero-order valence-corrected chi connectivity index (χ0v) is 12.1. The van der Waals surface area contributed by atoms with Gasteiger partial charge < -0.3 is 10.4 Å². The van der Waals surface area contributed by atoms with Crippen molar-refractivity contribution in [2.45, 2.75) is 38.8 Å². The van der Waals surface area contributed by atoms with Gasteiger partial charge in [0, 0.05) is 30.9 Å². The minimum absolute atomic E-state index is 0.0210. The average molecular weight is 261 g/mol. The predicted octanol–water partition coefficient (Wildman–Crippen LogP) is 1.86. The van der Waals surface area contributed by atoms with E-state index in [9.17, 15) is 5.11 Å². The van der Waals surface area contributed by atoms with Gasteiger partial charge in [-0.15, -0.1) is 0 Å². The number of para-hydroxylation sites is 1. The van der Waals surface area contributed by atoms with Crippen molar-refractivity contribution in [2.75, 3.05) is 6.54 Å². The normalized spacial score (nSPS) is 13.9. The Balaban J connectivity index is 2.09. The van der Waals surface area contributed by atoms with Crippen LogP contribution in [0.25, 0.3) is 10.9 Å². The van der Waals surface area contributed by atoms with Crippen LogP contribution in [0.3, 0.4) is 0 Å². The Hall–Kier alpha value is -1.39. The summed E-state index contributed by atoms with van der Waals surface area (Å²) in [6.45, 7) is 6.86. The molecule has 19 heavy (non-hydrogen) atoms. The number of aliphatic hydroxyl groups excluding tert-OH is 1. The van der Waals surface area contributed by atoms with Crippen LogP contribution < -0.4 is 5.32 Å². The van der Waals surface area contributed by atoms with E-state index in [-0.39, 0.29) is 5.54 Å². The molecule has 1 unspecified atom stereocenters. The SMILES string of the molecule is Cn1nc(CC(O)CNC(C)(C)C)c2ccccc21. The van der Waals surface area contributed by atoms with E-state index in [2.05, 4.69) is 37.3 Å². The minimum Gasteiger partial charge on any atom is -0.391 e. The lowest BCUT2D eigenvalue weighted by atomic mass is 10.1. The average Bonchev–Trinajstić information content (AvgIpc) is 2.64. The molecule has 2 aromatic rings. The molecular formula is C15H23N3O. The van der Waals surface area contributed by atoms with Crippen molar-refractivity contribution in [1.82, 2.24) is 15.1 Å². The second kappa shape index (κ2) is 5.31. The van der Waals surface area contributed by atoms with Gasteiger partial charge in [0.2, 0.25) is 0 Å². The summed E-state index contributed by atoms with van der Waals surface area (Å²) in [5.41, 5.74) is 2.09. The lowest BCUT2D eigenvalue weighted by Crippen LogP contribution is -2.41. The molecule has 1 atom stereocenters. The van der Waals surface area contributed by atoms with Crippen LogP contribution in [0.4, 0.5) is 0 Å². The molecule has 1 aromatic heterocycles. The van der Waals surface area contributed by atoms with Crippen LogP contribution in [0.1, 0.15) is 26.5 Å². The highest BCUT2D eigenvalue weighted by Gasteiger charge is 2.15. The fourth-order valence-corrected chi connectivity index (χ4v) is 2.16. The quantitative estimate of drug-likeness (QED) is 0.883. The molecule has 0 amide bonds. The molecule has 104 valence electrons. The lowest BCUT2D eigenvalue weighted by molar-refractivity contribution is 0.160. The molecule has 2 N–H and O–H groups in total. The van der Waals surface area contributed by atoms with Crippen molar-refractivity contribution >= 4 is 10.9 Å². The second-order valence-electron chi connectivity index (χ2n) is 6.08. The fraction of sp³-hybridized carbons (Fsp3) is 0.533. The van der Waals surface area contributed by atoms with Crippen LogP contribution in [0.5, 0.6) is 0 Å². The number of fused-ring (bicyclic) bond motifs is 1. The first-order valence-corrected chi connectivity index (χ1v) is 6.70. The summed E-state index contributed by atoms with van der Waals surface area (Å²) in [6, 6.07) is 8.12. The summed E-state index contributed by atoms with van der Waals surface area (Å²) >= 11 is 0. The number of β-amino-alcohol motifs (C(OH)–C–C–N with tert-alkyl or cyclic N) is 1. The lowest BCUT2D eigenvalue weighted by Gasteiger charge is -2.22. The zero-order valence-electron chi connectivity index (χ0n) is 12.1. The molecule has 0 saturated heterocycles. The minimum atomic E-state index is -0.419. The Morgan fingerprint density at radius 1 is 1.32 bits per heavy atom. The predicted molar refractivity (Wildman–Crippen MR) is 78.2 cm³/mol. The van der Waals surface area contributed by atoms with Gasteiger partial charge in [0.25, 0.3) is 0 Å². The van der Waals surface area contributed by atoms with Crippen LogP contribution in [0.15, 0.2) is 24.3 Å². The Bertz CT molecular complexity index is 554. The summed E-state index contributed by atoms with van der Waals surface area (Å²) in [6.07, 6.45) is 0.155. The smallest absolute Gasteiger partial charge is 0.0729 e. The number of nitrogens with one attached hydrogen (secondary N) is 1. The molecular weight excluding hydrogens is 238 g/mol. The molecule has 0 bridgehead atoms. The number of aliphatic hydroxyl groups is 1. The third kappa shape index (κ3) is 3.55. The summed E-state index contributed by atoms with van der Waals surface area (Å²) in [5.74, 6) is 0. The largest absolute Gasteiger partial charge is 0.391 e. The van der Waals surface area contributed by atoms with Crippen molar-refractivity contribution in [1.29, 1.82) is 0 Å². The molecule has 0 fully saturated rings. The van der Waals surface area contributed by atoms with Crippen molar-refractivity contribution < 1.29 is 5.11 Å². The topological polar surface area (TPSA) is 50.1 Å². The van der Waals surface area contributed by atoms with Crippen molar-refractivity contribution in [3.8, 4) is 0 Å². The van der Waals surface area contributed by atoms with Crippen LogP contribution in [-0.2, 0) is 13.5 Å². The van der Waals surface area contributed by atoms with E-state index < -0.39 is 6.10 Å². The Morgan fingerprint density at radius 3 is 2.68 bits per heavy atom. The van der Waals surface area contributed by atoms with E-state index in [1.807, 2.05) is 29.9 Å². The first-order valence-electron chi connectivity index (χ1n) is 6.70. The number of hydrogen-bond donors (Lipinski definition) is 2. The number of aromatic nitrogens is 2. The molecule has 0 aliphatic heterocycles. The number of hydrogen-bond acceptors (Lipinski definition) is 3. The maximum absolute atomic E-state index is 10.1. The highest BCUT2D eigenvalue weighted by molar-refractivity contribution is 5.81. The second-order valence-corrected chi connectivity index (χ2v) is 6.08. The van der Waals surface area contributed by atoms with E-state index in [1.165, 1.54) is 0 Å². The van der Waals surface area contributed by atoms with E-state index in [0.717, 1.165) is 16.6 Å². The molecule has 0 saturated carbocycles. The van der Waals surface area contributed by atoms with Crippen molar-refractivity contribution in [3.63, 3.8) is 0 Å². The number of nitrogens with zero attached hydrogens (tertiary/aromatic N) is 2. The molecule has 4 heteroatoms. The molecule has 1 heterocycles. The third-order valence-electron chi connectivity index (χ3n) is 3.13. The summed E-state index contributed by atoms with van der Waals surface area (Å²) < 4.78 is 1.87. The summed E-state index contributed by atoms with van der Waals surface area (Å²) in [5, 5.41) is 19.1. The Kier molecular flexibility index (Phi) is 3.92. The number of aryl methyl sites for hydroxylation is 1. The zero-order chi connectivity index (χ0) is 14.0. The van der Waals surface area contributed by atoms with Gasteiger partial charge in [-0.2, -0.15) is 5.10 Å². The van der Waals surface area contributed by atoms with Crippen molar-refractivity contribution in [3.05, 3.63) is 30.0 Å². The maximum Gasteiger partial charge on any atom is 0.0729 e. The fourth-order valence-electron chi connectivity index (χ4n) is 2.16. The third-order valence-corrected chi connectivity index (χ3v) is 3.13. The molecule has 0 radical (unpaired) electrons. The Labute approximate surface area is 114 Å². The maximum atomic E-state index is 10.1. The van der Waals surface area contributed by atoms with Gasteiger partial charge in [-0.25, -0.2) is 0 Å². The van der Waals surface area contributed by atoms with Crippen molar-refractivity contribution in [2.24, 2.45) is 7.05 Å². The van der Waals surface area contributed by atoms with Gasteiger partial charge in [-0.05, 0) is 26.8 Å². The first kappa shape index (κ1) is 14.0. The standard InChI is InChI=1S/C15H23N3O/c1-15(2,3)16-10-11(19)9-13-12-7-5-6-8-14(12)18(4)17-13/h5-8,11,16,19H,9-10H2,1-4H3. The van der Waals surface area contributed by atoms with E-state index in [0.29, 0.717) is 13.0 Å². The van der Waals surface area contributed by atoms with Gasteiger partial charge in [-0.1, -0.05) is 18.2 Å². The van der Waals surface area contributed by atoms with E-state index in [4.69, 9.17) is 0 Å². The first-order chi connectivity index (χ1) is 8.87. The van der Waals surface area contributed by atoms with E-state index in [1.54, 1.807) is 0 Å². The van der Waals surface area contributed by atoms with Gasteiger partial charge in [0.05, 0.1) is 17.3 Å². The summed E-state index contributed by atoms with van der Waals surface area (Å²) in [7, 11) is 1.94. The monoisotopic (exact) mass is 261 g/mol.